The van der Waals surface area contributed by atoms with Crippen molar-refractivity contribution in [2.45, 2.75) is 394 Å². The number of esters is 4. The van der Waals surface area contributed by atoms with Crippen LogP contribution in [0.25, 0.3) is 0 Å². The first-order valence-electron chi connectivity index (χ1n) is 39.7. The third kappa shape index (κ3) is 71.7. The van der Waals surface area contributed by atoms with Crippen LogP contribution in [0.4, 0.5) is 0 Å². The third-order valence-corrected chi connectivity index (χ3v) is 19.4. The van der Waals surface area contributed by atoms with Gasteiger partial charge in [0.05, 0.1) is 26.4 Å². The van der Waals surface area contributed by atoms with E-state index in [1.165, 1.54) is 161 Å². The predicted octanol–water partition coefficient (Wildman–Crippen LogP) is 22.5. The van der Waals surface area contributed by atoms with Gasteiger partial charge < -0.3 is 33.8 Å². The summed E-state index contributed by atoms with van der Waals surface area (Å²) in [4.78, 5) is 72.8. The van der Waals surface area contributed by atoms with Crippen LogP contribution in [0.3, 0.4) is 0 Å². The van der Waals surface area contributed by atoms with E-state index in [-0.39, 0.29) is 25.7 Å². The lowest BCUT2D eigenvalue weighted by Crippen LogP contribution is -2.30. The van der Waals surface area contributed by atoms with E-state index >= 15 is 0 Å². The fourth-order valence-electron chi connectivity index (χ4n) is 11.4. The summed E-state index contributed by atoms with van der Waals surface area (Å²) in [5.41, 5.74) is 0. The SMILES string of the molecule is CCCCCC/C=C\C=C/CCCCCCCC(=O)OC[C@H](COP(=O)(O)OC[C@@H](O)COP(=O)(O)OC[C@@H](COC(=O)CCCCCCCCC(C)C)OC(=O)CCCCCCCCCCCC(C)C)OC(=O)CCCCCCCCCCCCCCCCCCCCC(C)C. The van der Waals surface area contributed by atoms with Crippen LogP contribution in [0.5, 0.6) is 0 Å². The van der Waals surface area contributed by atoms with Crippen molar-refractivity contribution >= 4 is 39.5 Å². The molecule has 0 aromatic carbocycles. The van der Waals surface area contributed by atoms with Crippen LogP contribution < -0.4 is 0 Å². The first kappa shape index (κ1) is 94.5. The highest BCUT2D eigenvalue weighted by Crippen LogP contribution is 2.45. The van der Waals surface area contributed by atoms with Crippen LogP contribution in [0.1, 0.15) is 376 Å². The summed E-state index contributed by atoms with van der Waals surface area (Å²) < 4.78 is 68.5. The molecule has 17 nitrogen and oxygen atoms in total. The van der Waals surface area contributed by atoms with Gasteiger partial charge in [-0.25, -0.2) is 9.13 Å². The van der Waals surface area contributed by atoms with E-state index in [1.807, 2.05) is 0 Å². The lowest BCUT2D eigenvalue weighted by atomic mass is 10.0. The van der Waals surface area contributed by atoms with E-state index in [0.717, 1.165) is 127 Å². The Labute approximate surface area is 592 Å². The number of carbonyl (C=O) groups is 4. The molecule has 19 heteroatoms. The van der Waals surface area contributed by atoms with Crippen LogP contribution >= 0.6 is 15.6 Å². The molecule has 0 fully saturated rings. The van der Waals surface area contributed by atoms with Crippen LogP contribution in [-0.4, -0.2) is 96.7 Å². The van der Waals surface area contributed by atoms with Crippen molar-refractivity contribution in [2.24, 2.45) is 17.8 Å². The Morgan fingerprint density at radius 3 is 0.835 bits per heavy atom. The zero-order chi connectivity index (χ0) is 71.6. The second-order valence-electron chi connectivity index (χ2n) is 28.8. The highest BCUT2D eigenvalue weighted by Gasteiger charge is 2.30. The third-order valence-electron chi connectivity index (χ3n) is 17.5. The Morgan fingerprint density at radius 1 is 0.320 bits per heavy atom. The van der Waals surface area contributed by atoms with Crippen LogP contribution in [0.15, 0.2) is 24.3 Å². The maximum absolute atomic E-state index is 13.1. The molecule has 0 aromatic rings. The molecule has 0 aliphatic rings. The molecule has 0 aromatic heterocycles. The molecule has 0 radical (unpaired) electrons. The van der Waals surface area contributed by atoms with E-state index < -0.39 is 97.5 Å². The number of carbonyl (C=O) groups excluding carboxylic acids is 4. The van der Waals surface area contributed by atoms with Crippen molar-refractivity contribution in [1.29, 1.82) is 0 Å². The lowest BCUT2D eigenvalue weighted by Gasteiger charge is -2.21. The van der Waals surface area contributed by atoms with Gasteiger partial charge in [0.15, 0.2) is 12.2 Å². The quantitative estimate of drug-likeness (QED) is 0.0169. The van der Waals surface area contributed by atoms with Crippen molar-refractivity contribution in [3.8, 4) is 0 Å². The number of aliphatic hydroxyl groups is 1. The van der Waals surface area contributed by atoms with Gasteiger partial charge in [-0.05, 0) is 69.1 Å². The Balaban J connectivity index is 5.24. The summed E-state index contributed by atoms with van der Waals surface area (Å²) in [6.07, 6.45) is 58.0. The Morgan fingerprint density at radius 2 is 0.557 bits per heavy atom. The van der Waals surface area contributed by atoms with Crippen molar-refractivity contribution in [2.75, 3.05) is 39.6 Å². The van der Waals surface area contributed by atoms with Crippen LogP contribution in [0.2, 0.25) is 0 Å². The second kappa shape index (κ2) is 68.0. The summed E-state index contributed by atoms with van der Waals surface area (Å²) in [7, 11) is -9.92. The molecule has 0 aliphatic heterocycles. The minimum atomic E-state index is -4.97. The van der Waals surface area contributed by atoms with E-state index in [1.54, 1.807) is 0 Å². The van der Waals surface area contributed by atoms with E-state index in [9.17, 15) is 43.2 Å². The summed E-state index contributed by atoms with van der Waals surface area (Å²) >= 11 is 0. The number of ether oxygens (including phenoxy) is 4. The largest absolute Gasteiger partial charge is 0.472 e. The molecular formula is C78H148O17P2. The lowest BCUT2D eigenvalue weighted by molar-refractivity contribution is -0.161. The maximum atomic E-state index is 13.1. The molecule has 572 valence electrons. The highest BCUT2D eigenvalue weighted by atomic mass is 31.2. The van der Waals surface area contributed by atoms with E-state index in [0.29, 0.717) is 31.6 Å². The number of unbranched alkanes of at least 4 members (excludes halogenated alkanes) is 39. The zero-order valence-corrected chi connectivity index (χ0v) is 64.8. The van der Waals surface area contributed by atoms with Gasteiger partial charge in [0, 0.05) is 25.7 Å². The summed E-state index contributed by atoms with van der Waals surface area (Å²) in [6, 6.07) is 0. The van der Waals surface area contributed by atoms with Crippen molar-refractivity contribution in [3.05, 3.63) is 24.3 Å². The van der Waals surface area contributed by atoms with Crippen molar-refractivity contribution in [1.82, 2.24) is 0 Å². The number of phosphoric acid groups is 2. The number of phosphoric ester groups is 2. The topological polar surface area (TPSA) is 237 Å². The summed E-state index contributed by atoms with van der Waals surface area (Å²) in [5, 5.41) is 10.6. The van der Waals surface area contributed by atoms with E-state index in [4.69, 9.17) is 37.0 Å². The van der Waals surface area contributed by atoms with Crippen LogP contribution in [-0.2, 0) is 65.4 Å². The van der Waals surface area contributed by atoms with Gasteiger partial charge in [0.1, 0.15) is 19.3 Å². The highest BCUT2D eigenvalue weighted by molar-refractivity contribution is 7.47. The standard InChI is InChI=1S/C78H148O17P2/c1-8-9-10-11-12-13-14-15-20-24-27-32-37-45-52-59-75(80)88-65-73(94-77(82)61-54-47-38-33-28-25-22-19-17-16-18-21-23-26-30-35-42-49-56-69(2)3)67-92-96(84,85)90-63-72(79)64-91-97(86,87)93-68-74(66-89-76(81)60-53-46-41-40-44-51-58-71(6)7)95-78(83)62-55-48-39-34-29-31-36-43-50-57-70(4)5/h13-15,20,69-74,79H,8-12,16-19,21-68H2,1-7H3,(H,84,85)(H,86,87)/b14-13-,20-15-/t72-,73-,74-/m1/s1. The van der Waals surface area contributed by atoms with Gasteiger partial charge >= 0.3 is 39.5 Å². The minimum Gasteiger partial charge on any atom is -0.462 e. The molecule has 0 aliphatic carbocycles. The van der Waals surface area contributed by atoms with Gasteiger partial charge in [-0.1, -0.05) is 323 Å². The Kier molecular flexibility index (Phi) is 66.3. The molecule has 5 atom stereocenters. The molecule has 0 rings (SSSR count). The van der Waals surface area contributed by atoms with Crippen molar-refractivity contribution in [3.63, 3.8) is 0 Å². The fraction of sp³-hybridized carbons (Fsp3) is 0.897. The fourth-order valence-corrected chi connectivity index (χ4v) is 13.0. The number of allylic oxidation sites excluding steroid dienone is 4. The zero-order valence-electron chi connectivity index (χ0n) is 63.0. The molecule has 3 N–H and O–H groups in total. The summed E-state index contributed by atoms with van der Waals surface area (Å²) in [6.45, 7) is 11.8. The van der Waals surface area contributed by atoms with Crippen molar-refractivity contribution < 1.29 is 80.2 Å². The number of hydrogen-bond donors (Lipinski definition) is 3. The molecule has 97 heavy (non-hydrogen) atoms. The van der Waals surface area contributed by atoms with Gasteiger partial charge in [0.25, 0.3) is 0 Å². The van der Waals surface area contributed by atoms with Gasteiger partial charge in [0.2, 0.25) is 0 Å². The molecule has 2 unspecified atom stereocenters. The first-order valence-corrected chi connectivity index (χ1v) is 42.7. The van der Waals surface area contributed by atoms with Gasteiger partial charge in [-0.3, -0.25) is 37.3 Å². The van der Waals surface area contributed by atoms with E-state index in [2.05, 4.69) is 72.8 Å². The number of aliphatic hydroxyl groups excluding tert-OH is 1. The smallest absolute Gasteiger partial charge is 0.462 e. The second-order valence-corrected chi connectivity index (χ2v) is 31.7. The average molecular weight is 1420 g/mol. The Hall–Kier alpha value is -2.46. The number of rotatable bonds is 74. The predicted molar refractivity (Wildman–Crippen MR) is 395 cm³/mol. The molecule has 0 heterocycles. The number of hydrogen-bond acceptors (Lipinski definition) is 15. The maximum Gasteiger partial charge on any atom is 0.472 e. The average Bonchev–Trinajstić information content (AvgIpc) is 1.51. The normalized spacial score (nSPS) is 14.2. The first-order chi connectivity index (χ1) is 46.7. The molecular weight excluding hydrogens is 1270 g/mol. The summed E-state index contributed by atoms with van der Waals surface area (Å²) in [5.74, 6) is 0.0818. The molecule has 0 bridgehead atoms. The minimum absolute atomic E-state index is 0.101. The Bertz CT molecular complexity index is 1980. The molecule has 0 spiro atoms. The monoisotopic (exact) mass is 1420 g/mol. The van der Waals surface area contributed by atoms with Gasteiger partial charge in [-0.15, -0.1) is 0 Å². The molecule has 0 amide bonds. The molecule has 0 saturated carbocycles. The molecule has 0 saturated heterocycles. The van der Waals surface area contributed by atoms with Crippen LogP contribution in [0, 0.1) is 17.8 Å². The van der Waals surface area contributed by atoms with Gasteiger partial charge in [-0.2, -0.15) is 0 Å².